The van der Waals surface area contributed by atoms with Crippen molar-refractivity contribution in [1.29, 1.82) is 0 Å². The maximum Gasteiger partial charge on any atom is 0.264 e. The number of benzene rings is 2. The molecule has 2 N–H and O–H groups in total. The van der Waals surface area contributed by atoms with Crippen LogP contribution in [0.5, 0.6) is 5.75 Å². The van der Waals surface area contributed by atoms with Crippen LogP contribution in [-0.2, 0) is 7.05 Å². The first-order valence-corrected chi connectivity index (χ1v) is 8.50. The molecule has 9 nitrogen and oxygen atoms in total. The Morgan fingerprint density at radius 2 is 1.86 bits per heavy atom. The van der Waals surface area contributed by atoms with Crippen LogP contribution in [0, 0.1) is 0 Å². The van der Waals surface area contributed by atoms with E-state index in [9.17, 15) is 9.90 Å². The van der Waals surface area contributed by atoms with Crippen molar-refractivity contribution < 1.29 is 5.11 Å². The lowest BCUT2D eigenvalue weighted by molar-refractivity contribution is 0.478. The van der Waals surface area contributed by atoms with E-state index in [4.69, 9.17) is 0 Å². The van der Waals surface area contributed by atoms with Crippen molar-refractivity contribution in [1.82, 2.24) is 25.2 Å². The van der Waals surface area contributed by atoms with E-state index in [0.717, 1.165) is 5.69 Å². The van der Waals surface area contributed by atoms with Gasteiger partial charge >= 0.3 is 0 Å². The minimum absolute atomic E-state index is 0.00498. The fourth-order valence-electron chi connectivity index (χ4n) is 3.01. The summed E-state index contributed by atoms with van der Waals surface area (Å²) in [5.74, 6) is -0.0748. The van der Waals surface area contributed by atoms with Crippen molar-refractivity contribution in [2.24, 2.45) is 12.1 Å². The van der Waals surface area contributed by atoms with E-state index >= 15 is 0 Å². The van der Waals surface area contributed by atoms with Gasteiger partial charge in [-0.2, -0.15) is 10.3 Å². The number of aromatic nitrogens is 5. The van der Waals surface area contributed by atoms with Crippen LogP contribution in [0.4, 0.5) is 5.69 Å². The standard InChI is InChI=1S/C19H17N7O2/c1-25-14-11-7-6-10-13(14)17(27)15(19(25)28)16(18-20-23-24-21-18)22-26(2)12-8-4-3-5-9-12/h3-11,27H,1-2H3,(H,20,21,23,24)/b22-16-. The number of pyridine rings is 1. The molecule has 0 spiro atoms. The Morgan fingerprint density at radius 1 is 1.14 bits per heavy atom. The first-order chi connectivity index (χ1) is 13.6. The zero-order chi connectivity index (χ0) is 19.7. The summed E-state index contributed by atoms with van der Waals surface area (Å²) in [6, 6.07) is 16.5. The number of H-pyrrole nitrogens is 1. The van der Waals surface area contributed by atoms with Crippen LogP contribution in [-0.4, -0.2) is 43.1 Å². The van der Waals surface area contributed by atoms with Gasteiger partial charge in [-0.15, -0.1) is 10.2 Å². The van der Waals surface area contributed by atoms with Crippen LogP contribution in [0.15, 0.2) is 64.5 Å². The van der Waals surface area contributed by atoms with Gasteiger partial charge in [0.15, 0.2) is 0 Å². The molecule has 2 aromatic carbocycles. The van der Waals surface area contributed by atoms with E-state index in [1.165, 1.54) is 4.57 Å². The lowest BCUT2D eigenvalue weighted by Crippen LogP contribution is -2.28. The molecule has 0 fully saturated rings. The number of nitrogens with zero attached hydrogens (tertiary/aromatic N) is 6. The van der Waals surface area contributed by atoms with Crippen LogP contribution < -0.4 is 10.6 Å². The van der Waals surface area contributed by atoms with E-state index in [0.29, 0.717) is 10.9 Å². The van der Waals surface area contributed by atoms with Crippen LogP contribution in [0.3, 0.4) is 0 Å². The van der Waals surface area contributed by atoms with Gasteiger partial charge in [0.2, 0.25) is 5.82 Å². The Hall–Kier alpha value is -4.01. The normalized spacial score (nSPS) is 11.7. The molecular formula is C19H17N7O2. The SMILES string of the molecule is CN(/N=C(\c1nn[nH]n1)c1c(O)c2ccccc2n(C)c1=O)c1ccccc1. The molecule has 0 aliphatic rings. The Labute approximate surface area is 159 Å². The largest absolute Gasteiger partial charge is 0.506 e. The van der Waals surface area contributed by atoms with Crippen LogP contribution in [0.2, 0.25) is 0 Å². The van der Waals surface area contributed by atoms with Gasteiger partial charge in [0.05, 0.1) is 11.2 Å². The van der Waals surface area contributed by atoms with Gasteiger partial charge in [-0.25, -0.2) is 0 Å². The van der Waals surface area contributed by atoms with E-state index in [-0.39, 0.29) is 22.8 Å². The van der Waals surface area contributed by atoms with Crippen molar-refractivity contribution in [2.75, 3.05) is 12.1 Å². The van der Waals surface area contributed by atoms with E-state index in [1.807, 2.05) is 30.3 Å². The molecule has 0 saturated heterocycles. The zero-order valence-corrected chi connectivity index (χ0v) is 15.2. The molecule has 0 amide bonds. The second-order valence-electron chi connectivity index (χ2n) is 6.15. The first kappa shape index (κ1) is 17.4. The molecule has 4 aromatic rings. The van der Waals surface area contributed by atoms with Crippen LogP contribution in [0.1, 0.15) is 11.4 Å². The van der Waals surface area contributed by atoms with Crippen molar-refractivity contribution in [3.63, 3.8) is 0 Å². The molecule has 2 aromatic heterocycles. The number of fused-ring (bicyclic) bond motifs is 1. The van der Waals surface area contributed by atoms with E-state index in [1.54, 1.807) is 43.4 Å². The Morgan fingerprint density at radius 3 is 2.57 bits per heavy atom. The number of aryl methyl sites for hydroxylation is 1. The van der Waals surface area contributed by atoms with Crippen molar-refractivity contribution >= 4 is 22.3 Å². The van der Waals surface area contributed by atoms with Gasteiger partial charge in [-0.1, -0.05) is 30.3 Å². The molecule has 0 radical (unpaired) electrons. The predicted octanol–water partition coefficient (Wildman–Crippen LogP) is 1.65. The molecular weight excluding hydrogens is 358 g/mol. The zero-order valence-electron chi connectivity index (χ0n) is 15.2. The summed E-state index contributed by atoms with van der Waals surface area (Å²) in [4.78, 5) is 13.1. The molecule has 9 heteroatoms. The Kier molecular flexibility index (Phi) is 4.32. The van der Waals surface area contributed by atoms with Crippen molar-refractivity contribution in [3.8, 4) is 5.75 Å². The van der Waals surface area contributed by atoms with Crippen molar-refractivity contribution in [2.45, 2.75) is 0 Å². The van der Waals surface area contributed by atoms with Gasteiger partial charge in [0.1, 0.15) is 17.0 Å². The highest BCUT2D eigenvalue weighted by Gasteiger charge is 2.24. The summed E-state index contributed by atoms with van der Waals surface area (Å²) in [6.45, 7) is 0. The second kappa shape index (κ2) is 6.95. The maximum absolute atomic E-state index is 13.1. The highest BCUT2D eigenvalue weighted by molar-refractivity contribution is 6.14. The molecule has 140 valence electrons. The topological polar surface area (TPSA) is 112 Å². The number of para-hydroxylation sites is 2. The van der Waals surface area contributed by atoms with Gasteiger partial charge in [-0.05, 0) is 29.5 Å². The molecule has 28 heavy (non-hydrogen) atoms. The average molecular weight is 375 g/mol. The van der Waals surface area contributed by atoms with Gasteiger partial charge in [0, 0.05) is 19.5 Å². The fourth-order valence-corrected chi connectivity index (χ4v) is 3.01. The fraction of sp³-hybridized carbons (Fsp3) is 0.105. The van der Waals surface area contributed by atoms with Crippen molar-refractivity contribution in [3.05, 3.63) is 76.3 Å². The number of hydrazone groups is 1. The number of nitrogens with one attached hydrogen (secondary N) is 1. The number of aromatic hydroxyl groups is 1. The number of rotatable bonds is 4. The summed E-state index contributed by atoms with van der Waals surface area (Å²) in [6.07, 6.45) is 0. The third kappa shape index (κ3) is 2.88. The monoisotopic (exact) mass is 375 g/mol. The number of anilines is 1. The molecule has 4 rings (SSSR count). The second-order valence-corrected chi connectivity index (χ2v) is 6.15. The number of tetrazole rings is 1. The van der Waals surface area contributed by atoms with Gasteiger partial charge < -0.3 is 9.67 Å². The quantitative estimate of drug-likeness (QED) is 0.414. The summed E-state index contributed by atoms with van der Waals surface area (Å²) in [5, 5.41) is 31.4. The highest BCUT2D eigenvalue weighted by Crippen LogP contribution is 2.27. The average Bonchev–Trinajstić information content (AvgIpc) is 3.26. The summed E-state index contributed by atoms with van der Waals surface area (Å²) in [7, 11) is 3.38. The Bertz CT molecular complexity index is 1210. The predicted molar refractivity (Wildman–Crippen MR) is 106 cm³/mol. The molecule has 0 atom stereocenters. The smallest absolute Gasteiger partial charge is 0.264 e. The Balaban J connectivity index is 1.99. The molecule has 0 saturated carbocycles. The van der Waals surface area contributed by atoms with E-state index < -0.39 is 5.56 Å². The number of hydrogen-bond acceptors (Lipinski definition) is 7. The number of aromatic amines is 1. The highest BCUT2D eigenvalue weighted by atomic mass is 16.3. The number of hydrogen-bond donors (Lipinski definition) is 2. The molecule has 2 heterocycles. The van der Waals surface area contributed by atoms with Gasteiger partial charge in [-0.3, -0.25) is 9.80 Å². The minimum Gasteiger partial charge on any atom is -0.506 e. The van der Waals surface area contributed by atoms with Crippen LogP contribution in [0.25, 0.3) is 10.9 Å². The molecule has 0 aliphatic heterocycles. The molecule has 0 bridgehead atoms. The molecule has 0 aliphatic carbocycles. The lowest BCUT2D eigenvalue weighted by atomic mass is 10.1. The molecule has 0 unspecified atom stereocenters. The van der Waals surface area contributed by atoms with Crippen LogP contribution >= 0.6 is 0 Å². The maximum atomic E-state index is 13.1. The first-order valence-electron chi connectivity index (χ1n) is 8.50. The third-order valence-electron chi connectivity index (χ3n) is 4.45. The minimum atomic E-state index is -0.416. The summed E-state index contributed by atoms with van der Waals surface area (Å²) >= 11 is 0. The summed E-state index contributed by atoms with van der Waals surface area (Å²) < 4.78 is 1.46. The van der Waals surface area contributed by atoms with E-state index in [2.05, 4.69) is 25.7 Å². The summed E-state index contributed by atoms with van der Waals surface area (Å²) in [5.41, 5.74) is 1.11. The lowest BCUT2D eigenvalue weighted by Gasteiger charge is -2.16. The third-order valence-corrected chi connectivity index (χ3v) is 4.45. The van der Waals surface area contributed by atoms with Gasteiger partial charge in [0.25, 0.3) is 5.56 Å².